The lowest BCUT2D eigenvalue weighted by molar-refractivity contribution is -0.137. The van der Waals surface area contributed by atoms with Crippen molar-refractivity contribution in [3.8, 4) is 0 Å². The zero-order valence-electron chi connectivity index (χ0n) is 19.2. The van der Waals surface area contributed by atoms with Crippen molar-refractivity contribution in [1.29, 1.82) is 0 Å². The molecule has 0 bridgehead atoms. The molecule has 7 nitrogen and oxygen atoms in total. The van der Waals surface area contributed by atoms with E-state index in [1.54, 1.807) is 6.07 Å². The van der Waals surface area contributed by atoms with E-state index in [4.69, 9.17) is 0 Å². The number of hydrogen-bond acceptors (Lipinski definition) is 6. The van der Waals surface area contributed by atoms with E-state index < -0.39 is 48.2 Å². The van der Waals surface area contributed by atoms with E-state index in [-0.39, 0.29) is 9.90 Å². The van der Waals surface area contributed by atoms with Gasteiger partial charge in [0.1, 0.15) is 10.0 Å². The minimum atomic E-state index is -4.79. The first kappa shape index (κ1) is 27.4. The highest BCUT2D eigenvalue weighted by molar-refractivity contribution is 7.94. The summed E-state index contributed by atoms with van der Waals surface area (Å²) >= 11 is 0.969. The Hall–Kier alpha value is -3.62. The van der Waals surface area contributed by atoms with Gasteiger partial charge in [0.05, 0.1) is 21.8 Å². The summed E-state index contributed by atoms with van der Waals surface area (Å²) in [5.74, 6) is -0.903. The van der Waals surface area contributed by atoms with Gasteiger partial charge in [-0.05, 0) is 54.6 Å². The normalized spacial score (nSPS) is 12.2. The Labute approximate surface area is 220 Å². The van der Waals surface area contributed by atoms with Gasteiger partial charge in [-0.15, -0.1) is 11.3 Å². The molecule has 0 aliphatic carbocycles. The average molecular weight is 586 g/mol. The lowest BCUT2D eigenvalue weighted by Gasteiger charge is -2.15. The van der Waals surface area contributed by atoms with E-state index in [9.17, 15) is 34.4 Å². The standard InChI is InChI=1S/C24H19F4N3O4S3/c25-17-9-11-21(22(14-17)31-37(32,33)20-8-4-5-16(13-20)24(26,27)28)30-38(34,35)23-12-10-19(36-23)15-29-18-6-2-1-3-7-18/h1-14,29-31H,15H2. The number of sulfonamides is 2. The van der Waals surface area contributed by atoms with Crippen LogP contribution in [0.4, 0.5) is 34.6 Å². The van der Waals surface area contributed by atoms with Crippen LogP contribution in [0, 0.1) is 5.82 Å². The fourth-order valence-electron chi connectivity index (χ4n) is 3.27. The zero-order chi connectivity index (χ0) is 27.6. The summed E-state index contributed by atoms with van der Waals surface area (Å²) in [5.41, 5.74) is -1.18. The quantitative estimate of drug-likeness (QED) is 0.205. The first-order valence-electron chi connectivity index (χ1n) is 10.7. The van der Waals surface area contributed by atoms with Crippen LogP contribution in [-0.2, 0) is 32.8 Å². The van der Waals surface area contributed by atoms with Gasteiger partial charge in [0.25, 0.3) is 20.0 Å². The summed E-state index contributed by atoms with van der Waals surface area (Å²) in [4.78, 5) is -0.0435. The third-order valence-corrected chi connectivity index (χ3v) is 9.39. The largest absolute Gasteiger partial charge is 0.416 e. The molecular weight excluding hydrogens is 566 g/mol. The summed E-state index contributed by atoms with van der Waals surface area (Å²) < 4.78 is 109. The maximum absolute atomic E-state index is 14.0. The second-order valence-electron chi connectivity index (χ2n) is 7.87. The third-order valence-electron chi connectivity index (χ3n) is 5.08. The number of hydrogen-bond donors (Lipinski definition) is 3. The molecule has 38 heavy (non-hydrogen) atoms. The third kappa shape index (κ3) is 6.62. The van der Waals surface area contributed by atoms with Crippen LogP contribution in [0.25, 0.3) is 0 Å². The Morgan fingerprint density at radius 1 is 0.737 bits per heavy atom. The molecule has 0 amide bonds. The van der Waals surface area contributed by atoms with Crippen molar-refractivity contribution < 1.29 is 34.4 Å². The maximum atomic E-state index is 14.0. The Bertz CT molecular complexity index is 1660. The predicted octanol–water partition coefficient (Wildman–Crippen LogP) is 6.12. The first-order valence-corrected chi connectivity index (χ1v) is 14.5. The number of benzene rings is 3. The van der Waals surface area contributed by atoms with E-state index >= 15 is 0 Å². The van der Waals surface area contributed by atoms with Crippen molar-refractivity contribution in [2.45, 2.75) is 21.8 Å². The average Bonchev–Trinajstić information content (AvgIpc) is 3.35. The summed E-state index contributed by atoms with van der Waals surface area (Å²) in [6, 6.07) is 17.8. The molecule has 0 aliphatic rings. The summed E-state index contributed by atoms with van der Waals surface area (Å²) in [6.45, 7) is 0.350. The molecule has 0 unspecified atom stereocenters. The highest BCUT2D eigenvalue weighted by Gasteiger charge is 2.32. The number of alkyl halides is 3. The van der Waals surface area contributed by atoms with Crippen LogP contribution < -0.4 is 14.8 Å². The molecule has 14 heteroatoms. The Morgan fingerprint density at radius 2 is 1.45 bits per heavy atom. The Morgan fingerprint density at radius 3 is 2.16 bits per heavy atom. The Kier molecular flexibility index (Phi) is 7.67. The molecule has 3 N–H and O–H groups in total. The minimum absolute atomic E-state index is 0.0848. The van der Waals surface area contributed by atoms with Crippen LogP contribution in [-0.4, -0.2) is 16.8 Å². The van der Waals surface area contributed by atoms with Gasteiger partial charge < -0.3 is 5.32 Å². The SMILES string of the molecule is O=S(=O)(Nc1cc(F)ccc1NS(=O)(=O)c1ccc(CNc2ccccc2)s1)c1cccc(C(F)(F)F)c1. The van der Waals surface area contributed by atoms with Gasteiger partial charge in [0.2, 0.25) is 0 Å². The molecule has 4 rings (SSSR count). The number of rotatable bonds is 9. The van der Waals surface area contributed by atoms with Gasteiger partial charge in [-0.1, -0.05) is 24.3 Å². The zero-order valence-corrected chi connectivity index (χ0v) is 21.6. The van der Waals surface area contributed by atoms with Crippen molar-refractivity contribution in [3.05, 3.63) is 101 Å². The number of anilines is 3. The van der Waals surface area contributed by atoms with Crippen molar-refractivity contribution in [2.24, 2.45) is 0 Å². The number of thiophene rings is 1. The molecule has 0 fully saturated rings. The number of para-hydroxylation sites is 1. The molecule has 200 valence electrons. The highest BCUT2D eigenvalue weighted by atomic mass is 32.2. The maximum Gasteiger partial charge on any atom is 0.416 e. The molecule has 3 aromatic carbocycles. The molecular formula is C24H19F4N3O4S3. The lowest BCUT2D eigenvalue weighted by atomic mass is 10.2. The van der Waals surface area contributed by atoms with E-state index in [1.165, 1.54) is 6.07 Å². The topological polar surface area (TPSA) is 104 Å². The van der Waals surface area contributed by atoms with E-state index in [1.807, 2.05) is 35.1 Å². The molecule has 0 saturated heterocycles. The molecule has 0 atom stereocenters. The second-order valence-corrected chi connectivity index (χ2v) is 12.6. The fourth-order valence-corrected chi connectivity index (χ4v) is 6.76. The van der Waals surface area contributed by atoms with Crippen LogP contribution in [0.5, 0.6) is 0 Å². The minimum Gasteiger partial charge on any atom is -0.380 e. The van der Waals surface area contributed by atoms with Crippen LogP contribution in [0.3, 0.4) is 0 Å². The molecule has 0 radical (unpaired) electrons. The van der Waals surface area contributed by atoms with Crippen LogP contribution in [0.2, 0.25) is 0 Å². The van der Waals surface area contributed by atoms with E-state index in [0.29, 0.717) is 29.6 Å². The molecule has 0 spiro atoms. The number of halogens is 4. The summed E-state index contributed by atoms with van der Waals surface area (Å²) in [5, 5.41) is 3.15. The second kappa shape index (κ2) is 10.6. The van der Waals surface area contributed by atoms with Crippen molar-refractivity contribution in [2.75, 3.05) is 14.8 Å². The van der Waals surface area contributed by atoms with Gasteiger partial charge in [-0.3, -0.25) is 9.44 Å². The summed E-state index contributed by atoms with van der Waals surface area (Å²) in [7, 11) is -8.86. The smallest absolute Gasteiger partial charge is 0.380 e. The first-order chi connectivity index (χ1) is 17.8. The van der Waals surface area contributed by atoms with Crippen molar-refractivity contribution in [1.82, 2.24) is 0 Å². The predicted molar refractivity (Wildman–Crippen MR) is 138 cm³/mol. The van der Waals surface area contributed by atoms with Crippen LogP contribution in [0.1, 0.15) is 10.4 Å². The van der Waals surface area contributed by atoms with Gasteiger partial charge in [-0.25, -0.2) is 21.2 Å². The Balaban J connectivity index is 1.56. The molecule has 4 aromatic rings. The molecule has 1 aromatic heterocycles. The number of nitrogens with one attached hydrogen (secondary N) is 3. The lowest BCUT2D eigenvalue weighted by Crippen LogP contribution is -2.18. The van der Waals surface area contributed by atoms with E-state index in [0.717, 1.165) is 41.3 Å². The monoisotopic (exact) mass is 585 g/mol. The van der Waals surface area contributed by atoms with Crippen LogP contribution >= 0.6 is 11.3 Å². The van der Waals surface area contributed by atoms with Crippen LogP contribution in [0.15, 0.2) is 94.0 Å². The molecule has 0 aliphatic heterocycles. The van der Waals surface area contributed by atoms with E-state index in [2.05, 4.69) is 10.0 Å². The van der Waals surface area contributed by atoms with Crippen molar-refractivity contribution in [3.63, 3.8) is 0 Å². The summed E-state index contributed by atoms with van der Waals surface area (Å²) in [6.07, 6.45) is -4.79. The molecule has 1 heterocycles. The van der Waals surface area contributed by atoms with Crippen molar-refractivity contribution >= 4 is 48.4 Å². The highest BCUT2D eigenvalue weighted by Crippen LogP contribution is 2.33. The van der Waals surface area contributed by atoms with Gasteiger partial charge >= 0.3 is 6.18 Å². The molecule has 0 saturated carbocycles. The van der Waals surface area contributed by atoms with Gasteiger partial charge in [0, 0.05) is 23.2 Å². The van der Waals surface area contributed by atoms with Gasteiger partial charge in [-0.2, -0.15) is 13.2 Å². The van der Waals surface area contributed by atoms with Gasteiger partial charge in [0.15, 0.2) is 0 Å². The fraction of sp³-hybridized carbons (Fsp3) is 0.0833.